The van der Waals surface area contributed by atoms with Crippen molar-refractivity contribution in [2.24, 2.45) is 5.73 Å². The van der Waals surface area contributed by atoms with E-state index in [9.17, 15) is 0 Å². The van der Waals surface area contributed by atoms with E-state index in [1.807, 2.05) is 30.3 Å². The molecule has 0 saturated heterocycles. The number of amidine groups is 1. The maximum Gasteiger partial charge on any atom is 0.124 e. The molecule has 0 aliphatic rings. The van der Waals surface area contributed by atoms with Crippen molar-refractivity contribution in [3.63, 3.8) is 0 Å². The quantitative estimate of drug-likeness (QED) is 0.620. The average molecular weight is 349 g/mol. The largest absolute Gasteiger partial charge is 0.496 e. The Morgan fingerprint density at radius 3 is 2.67 bits per heavy atom. The van der Waals surface area contributed by atoms with E-state index in [4.69, 9.17) is 20.6 Å². The Kier molecular flexibility index (Phi) is 5.36. The zero-order valence-electron chi connectivity index (χ0n) is 11.7. The molecule has 0 radical (unpaired) electrons. The predicted octanol–water partition coefficient (Wildman–Crippen LogP) is 3.46. The lowest BCUT2D eigenvalue weighted by molar-refractivity contribution is 0.105. The van der Waals surface area contributed by atoms with Crippen LogP contribution in [0.3, 0.4) is 0 Å². The molecule has 110 valence electrons. The number of methoxy groups -OCH3 is 1. The number of hydrogen-bond donors (Lipinski definition) is 2. The maximum atomic E-state index is 7.49. The molecule has 2 aromatic carbocycles. The SMILES string of the molecule is COc1ccc(C(=N)N)cc1COCc1cccc(Br)c1. The van der Waals surface area contributed by atoms with E-state index in [-0.39, 0.29) is 5.84 Å². The van der Waals surface area contributed by atoms with Gasteiger partial charge < -0.3 is 15.2 Å². The van der Waals surface area contributed by atoms with Crippen LogP contribution < -0.4 is 10.5 Å². The minimum Gasteiger partial charge on any atom is -0.496 e. The molecule has 0 bridgehead atoms. The molecule has 0 spiro atoms. The second kappa shape index (κ2) is 7.24. The summed E-state index contributed by atoms with van der Waals surface area (Å²) < 4.78 is 12.1. The van der Waals surface area contributed by atoms with Crippen molar-refractivity contribution in [2.75, 3.05) is 7.11 Å². The average Bonchev–Trinajstić information content (AvgIpc) is 2.47. The number of ether oxygens (including phenoxy) is 2. The Morgan fingerprint density at radius 2 is 2.00 bits per heavy atom. The lowest BCUT2D eigenvalue weighted by Gasteiger charge is -2.11. The summed E-state index contributed by atoms with van der Waals surface area (Å²) in [6.45, 7) is 0.906. The second-order valence-electron chi connectivity index (χ2n) is 4.56. The van der Waals surface area contributed by atoms with Crippen LogP contribution in [0.4, 0.5) is 0 Å². The Hall–Kier alpha value is -1.85. The van der Waals surface area contributed by atoms with E-state index in [1.54, 1.807) is 19.2 Å². The number of rotatable bonds is 6. The van der Waals surface area contributed by atoms with Crippen molar-refractivity contribution in [3.05, 3.63) is 63.6 Å². The first-order chi connectivity index (χ1) is 10.1. The Morgan fingerprint density at radius 1 is 1.19 bits per heavy atom. The summed E-state index contributed by atoms with van der Waals surface area (Å²) in [6.07, 6.45) is 0. The minimum absolute atomic E-state index is 0.0332. The lowest BCUT2D eigenvalue weighted by atomic mass is 10.1. The lowest BCUT2D eigenvalue weighted by Crippen LogP contribution is -2.11. The van der Waals surface area contributed by atoms with Crippen LogP contribution in [-0.2, 0) is 18.0 Å². The third-order valence-corrected chi connectivity index (χ3v) is 3.50. The zero-order valence-corrected chi connectivity index (χ0v) is 13.3. The number of benzene rings is 2. The van der Waals surface area contributed by atoms with Crippen LogP contribution in [0.25, 0.3) is 0 Å². The molecule has 2 rings (SSSR count). The molecule has 0 saturated carbocycles. The van der Waals surface area contributed by atoms with Crippen LogP contribution in [-0.4, -0.2) is 12.9 Å². The van der Waals surface area contributed by atoms with Crippen LogP contribution >= 0.6 is 15.9 Å². The molecule has 21 heavy (non-hydrogen) atoms. The van der Waals surface area contributed by atoms with Gasteiger partial charge >= 0.3 is 0 Å². The Labute approximate surface area is 132 Å². The molecule has 0 atom stereocenters. The summed E-state index contributed by atoms with van der Waals surface area (Å²) >= 11 is 3.43. The van der Waals surface area contributed by atoms with Crippen molar-refractivity contribution in [1.29, 1.82) is 5.41 Å². The summed E-state index contributed by atoms with van der Waals surface area (Å²) in [6, 6.07) is 13.4. The molecule has 0 heterocycles. The van der Waals surface area contributed by atoms with Crippen LogP contribution in [0.5, 0.6) is 5.75 Å². The maximum absolute atomic E-state index is 7.49. The van der Waals surface area contributed by atoms with Gasteiger partial charge in [0.15, 0.2) is 0 Å². The fourth-order valence-corrected chi connectivity index (χ4v) is 2.41. The number of hydrogen-bond acceptors (Lipinski definition) is 3. The molecule has 0 aliphatic carbocycles. The highest BCUT2D eigenvalue weighted by atomic mass is 79.9. The van der Waals surface area contributed by atoms with Gasteiger partial charge in [0.05, 0.1) is 20.3 Å². The van der Waals surface area contributed by atoms with E-state index in [1.165, 1.54) is 0 Å². The summed E-state index contributed by atoms with van der Waals surface area (Å²) in [7, 11) is 1.61. The summed E-state index contributed by atoms with van der Waals surface area (Å²) in [5.41, 5.74) is 8.13. The van der Waals surface area contributed by atoms with Gasteiger partial charge in [-0.25, -0.2) is 0 Å². The summed E-state index contributed by atoms with van der Waals surface area (Å²) in [5, 5.41) is 7.49. The van der Waals surface area contributed by atoms with Crippen molar-refractivity contribution >= 4 is 21.8 Å². The first kappa shape index (κ1) is 15.5. The molecule has 5 heteroatoms. The van der Waals surface area contributed by atoms with Gasteiger partial charge in [-0.05, 0) is 35.9 Å². The van der Waals surface area contributed by atoms with Gasteiger partial charge in [-0.15, -0.1) is 0 Å². The van der Waals surface area contributed by atoms with Crippen LogP contribution in [0.1, 0.15) is 16.7 Å². The molecule has 2 aromatic rings. The topological polar surface area (TPSA) is 68.3 Å². The van der Waals surface area contributed by atoms with Gasteiger partial charge in [-0.2, -0.15) is 0 Å². The fourth-order valence-electron chi connectivity index (χ4n) is 1.96. The number of nitrogens with one attached hydrogen (secondary N) is 1. The molecular formula is C16H17BrN2O2. The molecule has 0 unspecified atom stereocenters. The standard InChI is InChI=1S/C16H17BrN2O2/c1-20-15-6-5-12(16(18)19)8-13(15)10-21-9-11-3-2-4-14(17)7-11/h2-8H,9-10H2,1H3,(H3,18,19). The summed E-state index contributed by atoms with van der Waals surface area (Å²) in [4.78, 5) is 0. The monoisotopic (exact) mass is 348 g/mol. The van der Waals surface area contributed by atoms with Crippen LogP contribution in [0.15, 0.2) is 46.9 Å². The van der Waals surface area contributed by atoms with Gasteiger partial charge in [-0.3, -0.25) is 5.41 Å². The van der Waals surface area contributed by atoms with Crippen LogP contribution in [0.2, 0.25) is 0 Å². The predicted molar refractivity (Wildman–Crippen MR) is 86.6 cm³/mol. The fraction of sp³-hybridized carbons (Fsp3) is 0.188. The van der Waals surface area contributed by atoms with Crippen molar-refractivity contribution in [1.82, 2.24) is 0 Å². The molecular weight excluding hydrogens is 332 g/mol. The van der Waals surface area contributed by atoms with E-state index < -0.39 is 0 Å². The van der Waals surface area contributed by atoms with E-state index >= 15 is 0 Å². The summed E-state index contributed by atoms with van der Waals surface area (Å²) in [5.74, 6) is 0.764. The zero-order chi connectivity index (χ0) is 15.2. The number of nitrogen functional groups attached to an aromatic ring is 1. The van der Waals surface area contributed by atoms with E-state index in [0.29, 0.717) is 18.8 Å². The molecule has 0 aromatic heterocycles. The highest BCUT2D eigenvalue weighted by molar-refractivity contribution is 9.10. The molecule has 0 aliphatic heterocycles. The Bertz CT molecular complexity index is 644. The smallest absolute Gasteiger partial charge is 0.124 e. The van der Waals surface area contributed by atoms with Crippen molar-refractivity contribution in [3.8, 4) is 5.75 Å². The Balaban J connectivity index is 2.05. The molecule has 0 amide bonds. The third-order valence-electron chi connectivity index (χ3n) is 3.01. The normalized spacial score (nSPS) is 10.4. The van der Waals surface area contributed by atoms with Gasteiger partial charge in [0.2, 0.25) is 0 Å². The van der Waals surface area contributed by atoms with Gasteiger partial charge in [0, 0.05) is 15.6 Å². The molecule has 0 fully saturated rings. The first-order valence-electron chi connectivity index (χ1n) is 6.43. The van der Waals surface area contributed by atoms with Gasteiger partial charge in [0.1, 0.15) is 11.6 Å². The third kappa shape index (κ3) is 4.31. The molecule has 3 N–H and O–H groups in total. The van der Waals surface area contributed by atoms with E-state index in [2.05, 4.69) is 15.9 Å². The number of halogens is 1. The van der Waals surface area contributed by atoms with Crippen LogP contribution in [0, 0.1) is 5.41 Å². The minimum atomic E-state index is 0.0332. The number of nitrogens with two attached hydrogens (primary N) is 1. The van der Waals surface area contributed by atoms with Gasteiger partial charge in [-0.1, -0.05) is 28.1 Å². The van der Waals surface area contributed by atoms with E-state index in [0.717, 1.165) is 21.3 Å². The highest BCUT2D eigenvalue weighted by Crippen LogP contribution is 2.21. The second-order valence-corrected chi connectivity index (χ2v) is 5.48. The van der Waals surface area contributed by atoms with Gasteiger partial charge in [0.25, 0.3) is 0 Å². The first-order valence-corrected chi connectivity index (χ1v) is 7.23. The highest BCUT2D eigenvalue weighted by Gasteiger charge is 2.06. The van der Waals surface area contributed by atoms with Crippen molar-refractivity contribution in [2.45, 2.75) is 13.2 Å². The van der Waals surface area contributed by atoms with Crippen molar-refractivity contribution < 1.29 is 9.47 Å². The molecule has 4 nitrogen and oxygen atoms in total.